The molecule has 2 amide bonds. The first-order valence-electron chi connectivity index (χ1n) is 7.93. The standard InChI is InChI=1S/C18H21N3O3/c1-13(14-6-5-9-19-10-14)20-18(22)21(2)11-15-12-23-16-7-3-4-8-17(16)24-15/h3-10,13,15H,11-12H2,1-2H3,(H,20,22). The lowest BCUT2D eigenvalue weighted by Gasteiger charge is -2.30. The number of carbonyl (C=O) groups is 1. The van der Waals surface area contributed by atoms with Gasteiger partial charge in [-0.3, -0.25) is 4.98 Å². The van der Waals surface area contributed by atoms with Crippen LogP contribution in [0.1, 0.15) is 18.5 Å². The summed E-state index contributed by atoms with van der Waals surface area (Å²) in [5.41, 5.74) is 0.963. The molecule has 1 aromatic carbocycles. The molecule has 0 aliphatic carbocycles. The van der Waals surface area contributed by atoms with Crippen molar-refractivity contribution >= 4 is 6.03 Å². The van der Waals surface area contributed by atoms with Crippen LogP contribution in [0.3, 0.4) is 0 Å². The summed E-state index contributed by atoms with van der Waals surface area (Å²) in [4.78, 5) is 18.0. The Labute approximate surface area is 141 Å². The second kappa shape index (κ2) is 7.21. The summed E-state index contributed by atoms with van der Waals surface area (Å²) in [6.07, 6.45) is 3.27. The molecule has 2 aromatic rings. The lowest BCUT2D eigenvalue weighted by molar-refractivity contribution is 0.0713. The molecule has 6 heteroatoms. The average molecular weight is 327 g/mol. The summed E-state index contributed by atoms with van der Waals surface area (Å²) in [6.45, 7) is 2.80. The molecule has 1 aliphatic heterocycles. The molecule has 0 saturated heterocycles. The number of nitrogens with zero attached hydrogens (tertiary/aromatic N) is 2. The third-order valence-electron chi connectivity index (χ3n) is 3.92. The Morgan fingerprint density at radius 1 is 1.33 bits per heavy atom. The van der Waals surface area contributed by atoms with Gasteiger partial charge in [0.15, 0.2) is 17.6 Å². The first-order valence-corrected chi connectivity index (χ1v) is 7.93. The van der Waals surface area contributed by atoms with Crippen LogP contribution in [0.5, 0.6) is 11.5 Å². The Morgan fingerprint density at radius 3 is 2.88 bits per heavy atom. The highest BCUT2D eigenvalue weighted by Gasteiger charge is 2.24. The smallest absolute Gasteiger partial charge is 0.317 e. The summed E-state index contributed by atoms with van der Waals surface area (Å²) >= 11 is 0. The number of rotatable bonds is 4. The molecule has 3 rings (SSSR count). The van der Waals surface area contributed by atoms with Crippen LogP contribution >= 0.6 is 0 Å². The van der Waals surface area contributed by atoms with Crippen molar-refractivity contribution in [3.8, 4) is 11.5 Å². The highest BCUT2D eigenvalue weighted by atomic mass is 16.6. The van der Waals surface area contributed by atoms with E-state index >= 15 is 0 Å². The summed E-state index contributed by atoms with van der Waals surface area (Å²) < 4.78 is 11.6. The molecule has 0 fully saturated rings. The monoisotopic (exact) mass is 327 g/mol. The first kappa shape index (κ1) is 16.1. The lowest BCUT2D eigenvalue weighted by atomic mass is 10.1. The largest absolute Gasteiger partial charge is 0.486 e. The Balaban J connectivity index is 1.53. The summed E-state index contributed by atoms with van der Waals surface area (Å²) in [6, 6.07) is 11.1. The van der Waals surface area contributed by atoms with Gasteiger partial charge in [0.25, 0.3) is 0 Å². The number of aromatic nitrogens is 1. The second-order valence-corrected chi connectivity index (χ2v) is 5.84. The van der Waals surface area contributed by atoms with E-state index < -0.39 is 0 Å². The molecule has 24 heavy (non-hydrogen) atoms. The van der Waals surface area contributed by atoms with Crippen LogP contribution in [-0.2, 0) is 0 Å². The maximum absolute atomic E-state index is 12.3. The number of urea groups is 1. The van der Waals surface area contributed by atoms with Crippen LogP contribution in [0.25, 0.3) is 0 Å². The Morgan fingerprint density at radius 2 is 2.12 bits per heavy atom. The molecule has 0 radical (unpaired) electrons. The fourth-order valence-electron chi connectivity index (χ4n) is 2.55. The number of benzene rings is 1. The number of hydrogen-bond donors (Lipinski definition) is 1. The van der Waals surface area contributed by atoms with Crippen molar-refractivity contribution in [2.45, 2.75) is 19.1 Å². The van der Waals surface area contributed by atoms with E-state index in [0.29, 0.717) is 18.9 Å². The highest BCUT2D eigenvalue weighted by Crippen LogP contribution is 2.30. The zero-order chi connectivity index (χ0) is 16.9. The molecule has 1 aromatic heterocycles. The third kappa shape index (κ3) is 3.76. The van der Waals surface area contributed by atoms with E-state index in [9.17, 15) is 4.79 Å². The fraction of sp³-hybridized carbons (Fsp3) is 0.333. The van der Waals surface area contributed by atoms with Crippen LogP contribution in [0.2, 0.25) is 0 Å². The van der Waals surface area contributed by atoms with Gasteiger partial charge in [0.2, 0.25) is 0 Å². The molecule has 0 spiro atoms. The van der Waals surface area contributed by atoms with Gasteiger partial charge in [-0.1, -0.05) is 18.2 Å². The van der Waals surface area contributed by atoms with E-state index in [2.05, 4.69) is 10.3 Å². The zero-order valence-electron chi connectivity index (χ0n) is 13.8. The number of nitrogens with one attached hydrogen (secondary N) is 1. The minimum absolute atomic E-state index is 0.113. The van der Waals surface area contributed by atoms with Crippen LogP contribution in [-0.4, -0.2) is 42.2 Å². The molecular weight excluding hydrogens is 306 g/mol. The van der Waals surface area contributed by atoms with Gasteiger partial charge in [0, 0.05) is 19.4 Å². The predicted octanol–water partition coefficient (Wildman–Crippen LogP) is 2.62. The molecule has 2 heterocycles. The van der Waals surface area contributed by atoms with E-state index in [0.717, 1.165) is 11.3 Å². The number of amides is 2. The van der Waals surface area contributed by atoms with Crippen molar-refractivity contribution in [2.24, 2.45) is 0 Å². The second-order valence-electron chi connectivity index (χ2n) is 5.84. The molecule has 2 atom stereocenters. The molecule has 1 N–H and O–H groups in total. The van der Waals surface area contributed by atoms with Gasteiger partial charge in [0.1, 0.15) is 6.61 Å². The summed E-state index contributed by atoms with van der Waals surface area (Å²) in [5, 5.41) is 2.96. The predicted molar refractivity (Wildman–Crippen MR) is 90.2 cm³/mol. The Bertz CT molecular complexity index is 693. The van der Waals surface area contributed by atoms with Gasteiger partial charge in [-0.2, -0.15) is 0 Å². The molecule has 0 bridgehead atoms. The summed E-state index contributed by atoms with van der Waals surface area (Å²) in [5.74, 6) is 1.46. The number of ether oxygens (including phenoxy) is 2. The van der Waals surface area contributed by atoms with E-state index in [1.165, 1.54) is 0 Å². The van der Waals surface area contributed by atoms with Crippen LogP contribution < -0.4 is 14.8 Å². The van der Waals surface area contributed by atoms with E-state index in [-0.39, 0.29) is 18.2 Å². The van der Waals surface area contributed by atoms with Gasteiger partial charge in [-0.15, -0.1) is 0 Å². The van der Waals surface area contributed by atoms with Crippen molar-refractivity contribution in [3.63, 3.8) is 0 Å². The van der Waals surface area contributed by atoms with Crippen LogP contribution in [0.4, 0.5) is 4.79 Å². The Hall–Kier alpha value is -2.76. The average Bonchev–Trinajstić information content (AvgIpc) is 2.62. The number of likely N-dealkylation sites (N-methyl/N-ethyl adjacent to an activating group) is 1. The number of pyridine rings is 1. The fourth-order valence-corrected chi connectivity index (χ4v) is 2.55. The third-order valence-corrected chi connectivity index (χ3v) is 3.92. The van der Waals surface area contributed by atoms with Crippen LogP contribution in [0.15, 0.2) is 48.8 Å². The molecule has 6 nitrogen and oxygen atoms in total. The van der Waals surface area contributed by atoms with E-state index in [1.807, 2.05) is 43.3 Å². The molecule has 126 valence electrons. The van der Waals surface area contributed by atoms with E-state index in [1.54, 1.807) is 24.3 Å². The number of para-hydroxylation sites is 2. The maximum Gasteiger partial charge on any atom is 0.317 e. The van der Waals surface area contributed by atoms with Gasteiger partial charge in [-0.05, 0) is 30.7 Å². The molecule has 1 aliphatic rings. The SMILES string of the molecule is CC(NC(=O)N(C)CC1COc2ccccc2O1)c1cccnc1. The van der Waals surface area contributed by atoms with E-state index in [4.69, 9.17) is 9.47 Å². The van der Waals surface area contributed by atoms with Gasteiger partial charge in [0.05, 0.1) is 12.6 Å². The summed E-state index contributed by atoms with van der Waals surface area (Å²) in [7, 11) is 1.75. The van der Waals surface area contributed by atoms with Crippen molar-refractivity contribution in [1.29, 1.82) is 0 Å². The Kier molecular flexibility index (Phi) is 4.84. The molecule has 2 unspecified atom stereocenters. The van der Waals surface area contributed by atoms with Gasteiger partial charge < -0.3 is 19.7 Å². The minimum Gasteiger partial charge on any atom is -0.486 e. The van der Waals surface area contributed by atoms with Crippen molar-refractivity contribution in [1.82, 2.24) is 15.2 Å². The van der Waals surface area contributed by atoms with Crippen LogP contribution in [0, 0.1) is 0 Å². The topological polar surface area (TPSA) is 63.7 Å². The normalized spacial score (nSPS) is 17.0. The lowest BCUT2D eigenvalue weighted by Crippen LogP contribution is -2.46. The van der Waals surface area contributed by atoms with Crippen molar-refractivity contribution in [3.05, 3.63) is 54.4 Å². The van der Waals surface area contributed by atoms with Crippen molar-refractivity contribution < 1.29 is 14.3 Å². The number of carbonyl (C=O) groups excluding carboxylic acids is 1. The highest BCUT2D eigenvalue weighted by molar-refractivity contribution is 5.74. The number of fused-ring (bicyclic) bond motifs is 1. The maximum atomic E-state index is 12.3. The minimum atomic E-state index is -0.190. The quantitative estimate of drug-likeness (QED) is 0.937. The first-order chi connectivity index (χ1) is 11.6. The zero-order valence-corrected chi connectivity index (χ0v) is 13.8. The number of hydrogen-bond acceptors (Lipinski definition) is 4. The molecular formula is C18H21N3O3. The van der Waals surface area contributed by atoms with Crippen molar-refractivity contribution in [2.75, 3.05) is 20.2 Å². The van der Waals surface area contributed by atoms with Gasteiger partial charge >= 0.3 is 6.03 Å². The molecule has 0 saturated carbocycles. The van der Waals surface area contributed by atoms with Gasteiger partial charge in [-0.25, -0.2) is 4.79 Å².